The van der Waals surface area contributed by atoms with Gasteiger partial charge in [0.05, 0.1) is 0 Å². The molecule has 2 rings (SSSR count). The van der Waals surface area contributed by atoms with Crippen molar-refractivity contribution in [1.29, 1.82) is 0 Å². The summed E-state index contributed by atoms with van der Waals surface area (Å²) in [6.45, 7) is 5.50. The second-order valence-corrected chi connectivity index (χ2v) is 4.70. The molecule has 0 heterocycles. The van der Waals surface area contributed by atoms with E-state index in [1.165, 1.54) is 30.4 Å². The van der Waals surface area contributed by atoms with Crippen molar-refractivity contribution in [3.8, 4) is 0 Å². The van der Waals surface area contributed by atoms with Crippen LogP contribution in [0.1, 0.15) is 37.3 Å². The van der Waals surface area contributed by atoms with Gasteiger partial charge >= 0.3 is 0 Å². The maximum Gasteiger partial charge on any atom is 0.0210 e. The van der Waals surface area contributed by atoms with Gasteiger partial charge in [0.2, 0.25) is 0 Å². The minimum Gasteiger partial charge on any atom is -0.310 e. The molecule has 1 aromatic carbocycles. The summed E-state index contributed by atoms with van der Waals surface area (Å²) in [5.74, 6) is 0.957. The molecule has 1 saturated carbocycles. The molecule has 1 N–H and O–H groups in total. The maximum absolute atomic E-state index is 3.65. The molecule has 16 heavy (non-hydrogen) atoms. The van der Waals surface area contributed by atoms with Crippen molar-refractivity contribution >= 4 is 12.4 Å². The minimum absolute atomic E-state index is 0. The lowest BCUT2D eigenvalue weighted by atomic mass is 10.1. The van der Waals surface area contributed by atoms with Crippen molar-refractivity contribution in [2.24, 2.45) is 5.92 Å². The molecule has 0 aromatic heterocycles. The molecule has 1 nitrogen and oxygen atoms in total. The third kappa shape index (κ3) is 3.50. The number of benzene rings is 1. The average molecular weight is 240 g/mol. The van der Waals surface area contributed by atoms with E-state index >= 15 is 0 Å². The second-order valence-electron chi connectivity index (χ2n) is 4.70. The van der Waals surface area contributed by atoms with Crippen LogP contribution in [0.15, 0.2) is 24.3 Å². The molecule has 2 heteroatoms. The fourth-order valence-electron chi connectivity index (χ4n) is 2.24. The molecule has 0 saturated heterocycles. The summed E-state index contributed by atoms with van der Waals surface area (Å²) in [5.41, 5.74) is 2.84. The van der Waals surface area contributed by atoms with Gasteiger partial charge in [-0.3, -0.25) is 0 Å². The zero-order chi connectivity index (χ0) is 10.7. The van der Waals surface area contributed by atoms with Gasteiger partial charge in [-0.1, -0.05) is 37.6 Å². The van der Waals surface area contributed by atoms with Crippen molar-refractivity contribution in [2.75, 3.05) is 0 Å². The Labute approximate surface area is 105 Å². The Bertz CT molecular complexity index is 324. The average Bonchev–Trinajstić information content (AvgIpc) is 2.96. The highest BCUT2D eigenvalue weighted by Crippen LogP contribution is 2.34. The van der Waals surface area contributed by atoms with Crippen LogP contribution in [-0.2, 0) is 6.54 Å². The van der Waals surface area contributed by atoms with Crippen LogP contribution >= 0.6 is 12.4 Å². The maximum atomic E-state index is 3.65. The lowest BCUT2D eigenvalue weighted by molar-refractivity contribution is 0.598. The van der Waals surface area contributed by atoms with Gasteiger partial charge in [0.1, 0.15) is 0 Å². The molecular formula is C14H22ClN. The van der Waals surface area contributed by atoms with Crippen molar-refractivity contribution in [2.45, 2.75) is 45.7 Å². The molecule has 0 spiro atoms. The van der Waals surface area contributed by atoms with E-state index in [4.69, 9.17) is 0 Å². The van der Waals surface area contributed by atoms with Crippen LogP contribution in [0, 0.1) is 12.8 Å². The van der Waals surface area contributed by atoms with E-state index in [0.29, 0.717) is 0 Å². The highest BCUT2D eigenvalue weighted by molar-refractivity contribution is 5.85. The molecule has 0 aliphatic heterocycles. The molecule has 1 aromatic rings. The van der Waals surface area contributed by atoms with Crippen LogP contribution in [-0.4, -0.2) is 6.04 Å². The predicted molar refractivity (Wildman–Crippen MR) is 72.1 cm³/mol. The summed E-state index contributed by atoms with van der Waals surface area (Å²) in [7, 11) is 0. The Balaban J connectivity index is 0.00000128. The van der Waals surface area contributed by atoms with Crippen LogP contribution in [0.5, 0.6) is 0 Å². The van der Waals surface area contributed by atoms with E-state index in [1.54, 1.807) is 0 Å². The SMILES string of the molecule is CCCC1CC1NCc1ccccc1C.Cl. The van der Waals surface area contributed by atoms with Gasteiger partial charge in [-0.25, -0.2) is 0 Å². The third-order valence-corrected chi connectivity index (χ3v) is 3.40. The van der Waals surface area contributed by atoms with Crippen LogP contribution in [0.3, 0.4) is 0 Å². The first-order valence-electron chi connectivity index (χ1n) is 6.09. The zero-order valence-electron chi connectivity index (χ0n) is 10.2. The fourth-order valence-corrected chi connectivity index (χ4v) is 2.24. The summed E-state index contributed by atoms with van der Waals surface area (Å²) in [6, 6.07) is 9.44. The van der Waals surface area contributed by atoms with Gasteiger partial charge in [-0.15, -0.1) is 12.4 Å². The quantitative estimate of drug-likeness (QED) is 0.827. The van der Waals surface area contributed by atoms with Crippen molar-refractivity contribution in [1.82, 2.24) is 5.32 Å². The van der Waals surface area contributed by atoms with E-state index in [-0.39, 0.29) is 12.4 Å². The van der Waals surface area contributed by atoms with E-state index in [1.807, 2.05) is 0 Å². The Kier molecular flexibility index (Phi) is 5.30. The Morgan fingerprint density at radius 2 is 2.06 bits per heavy atom. The largest absolute Gasteiger partial charge is 0.310 e. The van der Waals surface area contributed by atoms with E-state index < -0.39 is 0 Å². The highest BCUT2D eigenvalue weighted by atomic mass is 35.5. The number of rotatable bonds is 5. The van der Waals surface area contributed by atoms with Gasteiger partial charge in [0.25, 0.3) is 0 Å². The van der Waals surface area contributed by atoms with Gasteiger partial charge in [0, 0.05) is 12.6 Å². The van der Waals surface area contributed by atoms with Crippen molar-refractivity contribution in [3.63, 3.8) is 0 Å². The van der Waals surface area contributed by atoms with Crippen LogP contribution in [0.25, 0.3) is 0 Å². The molecule has 0 bridgehead atoms. The van der Waals surface area contributed by atoms with Gasteiger partial charge in [0.15, 0.2) is 0 Å². The first-order valence-corrected chi connectivity index (χ1v) is 6.09. The zero-order valence-corrected chi connectivity index (χ0v) is 11.0. The summed E-state index contributed by atoms with van der Waals surface area (Å²) in [5, 5.41) is 3.65. The van der Waals surface area contributed by atoms with Gasteiger partial charge in [-0.2, -0.15) is 0 Å². The van der Waals surface area contributed by atoms with Crippen molar-refractivity contribution in [3.05, 3.63) is 35.4 Å². The van der Waals surface area contributed by atoms with E-state index in [2.05, 4.69) is 43.4 Å². The lowest BCUT2D eigenvalue weighted by Gasteiger charge is -2.06. The molecule has 0 amide bonds. The topological polar surface area (TPSA) is 12.0 Å². The minimum atomic E-state index is 0. The first kappa shape index (κ1) is 13.5. The van der Waals surface area contributed by atoms with Crippen LogP contribution in [0.2, 0.25) is 0 Å². The molecule has 1 aliphatic carbocycles. The first-order chi connectivity index (χ1) is 7.31. The predicted octanol–water partition coefficient (Wildman–Crippen LogP) is 3.70. The number of hydrogen-bond donors (Lipinski definition) is 1. The number of halogens is 1. The fraction of sp³-hybridized carbons (Fsp3) is 0.571. The molecular weight excluding hydrogens is 218 g/mol. The van der Waals surface area contributed by atoms with E-state index in [0.717, 1.165) is 18.5 Å². The van der Waals surface area contributed by atoms with Gasteiger partial charge < -0.3 is 5.32 Å². The number of nitrogens with one attached hydrogen (secondary N) is 1. The number of aryl methyl sites for hydroxylation is 1. The van der Waals surface area contributed by atoms with Crippen LogP contribution in [0.4, 0.5) is 0 Å². The third-order valence-electron chi connectivity index (χ3n) is 3.40. The van der Waals surface area contributed by atoms with E-state index in [9.17, 15) is 0 Å². The van der Waals surface area contributed by atoms with Crippen LogP contribution < -0.4 is 5.32 Å². The summed E-state index contributed by atoms with van der Waals surface area (Å²) in [4.78, 5) is 0. The number of hydrogen-bond acceptors (Lipinski definition) is 1. The highest BCUT2D eigenvalue weighted by Gasteiger charge is 2.35. The molecule has 1 aliphatic rings. The van der Waals surface area contributed by atoms with Crippen molar-refractivity contribution < 1.29 is 0 Å². The second kappa shape index (κ2) is 6.27. The molecule has 2 atom stereocenters. The molecule has 0 radical (unpaired) electrons. The lowest BCUT2D eigenvalue weighted by Crippen LogP contribution is -2.18. The normalized spacial score (nSPS) is 22.6. The Morgan fingerprint density at radius 3 is 2.75 bits per heavy atom. The monoisotopic (exact) mass is 239 g/mol. The summed E-state index contributed by atoms with van der Waals surface area (Å²) < 4.78 is 0. The molecule has 1 fully saturated rings. The van der Waals surface area contributed by atoms with Gasteiger partial charge in [-0.05, 0) is 36.8 Å². The summed E-state index contributed by atoms with van der Waals surface area (Å²) >= 11 is 0. The molecule has 2 unspecified atom stereocenters. The summed E-state index contributed by atoms with van der Waals surface area (Å²) in [6.07, 6.45) is 4.11. The molecule has 90 valence electrons. The standard InChI is InChI=1S/C14H21N.ClH/c1-3-6-12-9-14(12)15-10-13-8-5-4-7-11(13)2;/h4-5,7-8,12,14-15H,3,6,9-10H2,1-2H3;1H. The Hall–Kier alpha value is -0.530. The smallest absolute Gasteiger partial charge is 0.0210 e. The Morgan fingerprint density at radius 1 is 1.31 bits per heavy atom.